The zero-order valence-electron chi connectivity index (χ0n) is 11.7. The van der Waals surface area contributed by atoms with Crippen LogP contribution in [0.1, 0.15) is 12.1 Å². The summed E-state index contributed by atoms with van der Waals surface area (Å²) in [4.78, 5) is 20.9. The van der Waals surface area contributed by atoms with Gasteiger partial charge in [0.1, 0.15) is 0 Å². The van der Waals surface area contributed by atoms with Gasteiger partial charge in [0.05, 0.1) is 12.9 Å². The van der Waals surface area contributed by atoms with E-state index >= 15 is 0 Å². The third kappa shape index (κ3) is 2.71. The number of carbonyl (C=O) groups is 1. The highest BCUT2D eigenvalue weighted by molar-refractivity contribution is 5.79. The Morgan fingerprint density at radius 1 is 1.30 bits per heavy atom. The SMILES string of the molecule is O=C(C1CCn2cncc2C1)N1CCN(CCO)CC1. The van der Waals surface area contributed by atoms with Crippen LogP contribution in [0.2, 0.25) is 0 Å². The molecule has 1 amide bonds. The first-order valence-corrected chi connectivity index (χ1v) is 7.39. The van der Waals surface area contributed by atoms with Gasteiger partial charge in [0.15, 0.2) is 0 Å². The highest BCUT2D eigenvalue weighted by Crippen LogP contribution is 2.22. The minimum Gasteiger partial charge on any atom is -0.395 e. The number of β-amino-alcohol motifs (C(OH)–C–C–N with tert-alkyl or cyclic N) is 1. The topological polar surface area (TPSA) is 61.6 Å². The number of piperazine rings is 1. The van der Waals surface area contributed by atoms with Gasteiger partial charge in [0, 0.05) is 63.5 Å². The zero-order chi connectivity index (χ0) is 13.9. The second kappa shape index (κ2) is 5.93. The molecule has 0 radical (unpaired) electrons. The van der Waals surface area contributed by atoms with E-state index in [4.69, 9.17) is 5.11 Å². The number of aliphatic hydroxyl groups is 1. The number of hydrogen-bond donors (Lipinski definition) is 1. The van der Waals surface area contributed by atoms with Crippen molar-refractivity contribution in [1.82, 2.24) is 19.4 Å². The van der Waals surface area contributed by atoms with E-state index in [1.54, 1.807) is 0 Å². The molecule has 2 aliphatic rings. The Kier molecular flexibility index (Phi) is 4.03. The first-order valence-electron chi connectivity index (χ1n) is 7.39. The van der Waals surface area contributed by atoms with Gasteiger partial charge in [0.25, 0.3) is 0 Å². The average Bonchev–Trinajstić information content (AvgIpc) is 2.95. The molecule has 1 atom stereocenters. The molecule has 2 aliphatic heterocycles. The molecule has 6 nitrogen and oxygen atoms in total. The van der Waals surface area contributed by atoms with Crippen molar-refractivity contribution < 1.29 is 9.90 Å². The fourth-order valence-corrected chi connectivity index (χ4v) is 3.17. The summed E-state index contributed by atoms with van der Waals surface area (Å²) in [6, 6.07) is 0. The molecule has 1 aromatic rings. The maximum absolute atomic E-state index is 12.6. The van der Waals surface area contributed by atoms with Crippen molar-refractivity contribution in [2.24, 2.45) is 5.92 Å². The van der Waals surface area contributed by atoms with Gasteiger partial charge in [-0.25, -0.2) is 4.98 Å². The molecule has 6 heteroatoms. The first kappa shape index (κ1) is 13.6. The molecular weight excluding hydrogens is 256 g/mol. The van der Waals surface area contributed by atoms with E-state index in [2.05, 4.69) is 14.5 Å². The van der Waals surface area contributed by atoms with Crippen molar-refractivity contribution in [3.8, 4) is 0 Å². The Morgan fingerprint density at radius 3 is 2.85 bits per heavy atom. The molecule has 110 valence electrons. The summed E-state index contributed by atoms with van der Waals surface area (Å²) in [5.74, 6) is 0.407. The van der Waals surface area contributed by atoms with Gasteiger partial charge in [-0.2, -0.15) is 0 Å². The molecule has 1 N–H and O–H groups in total. The van der Waals surface area contributed by atoms with E-state index < -0.39 is 0 Å². The summed E-state index contributed by atoms with van der Waals surface area (Å²) in [5.41, 5.74) is 1.17. The van der Waals surface area contributed by atoms with Crippen LogP contribution in [0, 0.1) is 5.92 Å². The van der Waals surface area contributed by atoms with Crippen LogP contribution in [0.3, 0.4) is 0 Å². The number of amides is 1. The van der Waals surface area contributed by atoms with E-state index in [-0.39, 0.29) is 12.5 Å². The predicted molar refractivity (Wildman–Crippen MR) is 74.1 cm³/mol. The van der Waals surface area contributed by atoms with E-state index in [0.717, 1.165) is 45.6 Å². The lowest BCUT2D eigenvalue weighted by molar-refractivity contribution is -0.138. The number of rotatable bonds is 3. The van der Waals surface area contributed by atoms with Crippen LogP contribution in [-0.4, -0.2) is 69.7 Å². The van der Waals surface area contributed by atoms with E-state index in [1.165, 1.54) is 5.69 Å². The van der Waals surface area contributed by atoms with Gasteiger partial charge in [-0.3, -0.25) is 9.69 Å². The van der Waals surface area contributed by atoms with Crippen molar-refractivity contribution in [3.63, 3.8) is 0 Å². The summed E-state index contributed by atoms with van der Waals surface area (Å²) in [6.07, 6.45) is 5.46. The minimum atomic E-state index is 0.114. The number of aromatic nitrogens is 2. The van der Waals surface area contributed by atoms with E-state index in [9.17, 15) is 4.79 Å². The summed E-state index contributed by atoms with van der Waals surface area (Å²) >= 11 is 0. The molecule has 0 saturated carbocycles. The molecule has 1 unspecified atom stereocenters. The molecule has 0 spiro atoms. The third-order valence-electron chi connectivity index (χ3n) is 4.42. The Balaban J connectivity index is 1.55. The van der Waals surface area contributed by atoms with Gasteiger partial charge in [-0.05, 0) is 6.42 Å². The third-order valence-corrected chi connectivity index (χ3v) is 4.42. The molecular formula is C14H22N4O2. The minimum absolute atomic E-state index is 0.114. The molecule has 0 bridgehead atoms. The quantitative estimate of drug-likeness (QED) is 0.816. The maximum atomic E-state index is 12.6. The standard InChI is InChI=1S/C14H22N4O2/c19-8-7-16-3-5-17(6-4-16)14(20)12-1-2-18-11-15-10-13(18)9-12/h10-12,19H,1-9H2. The fourth-order valence-electron chi connectivity index (χ4n) is 3.17. The lowest BCUT2D eigenvalue weighted by Gasteiger charge is -2.37. The normalized spacial score (nSPS) is 23.6. The average molecular weight is 278 g/mol. The lowest BCUT2D eigenvalue weighted by Crippen LogP contribution is -2.51. The second-order valence-corrected chi connectivity index (χ2v) is 5.66. The van der Waals surface area contributed by atoms with Crippen molar-refractivity contribution in [2.75, 3.05) is 39.3 Å². The molecule has 0 aromatic carbocycles. The van der Waals surface area contributed by atoms with Crippen LogP contribution >= 0.6 is 0 Å². The molecule has 3 rings (SSSR count). The Hall–Kier alpha value is -1.40. The molecule has 1 fully saturated rings. The van der Waals surface area contributed by atoms with Crippen molar-refractivity contribution in [2.45, 2.75) is 19.4 Å². The first-order chi connectivity index (χ1) is 9.78. The number of fused-ring (bicyclic) bond motifs is 1. The highest BCUT2D eigenvalue weighted by Gasteiger charge is 2.30. The van der Waals surface area contributed by atoms with Crippen LogP contribution in [0.5, 0.6) is 0 Å². The summed E-state index contributed by atoms with van der Waals surface area (Å²) in [5, 5.41) is 8.94. The Bertz CT molecular complexity index is 465. The van der Waals surface area contributed by atoms with Gasteiger partial charge in [-0.1, -0.05) is 0 Å². The second-order valence-electron chi connectivity index (χ2n) is 5.66. The molecule has 1 aromatic heterocycles. The fraction of sp³-hybridized carbons (Fsp3) is 0.714. The summed E-state index contributed by atoms with van der Waals surface area (Å²) < 4.78 is 2.14. The summed E-state index contributed by atoms with van der Waals surface area (Å²) in [6.45, 7) is 5.12. The van der Waals surface area contributed by atoms with E-state index in [0.29, 0.717) is 12.5 Å². The number of carbonyl (C=O) groups excluding carboxylic acids is 1. The smallest absolute Gasteiger partial charge is 0.226 e. The predicted octanol–water partition coefficient (Wildman–Crippen LogP) is -0.418. The van der Waals surface area contributed by atoms with Gasteiger partial charge in [-0.15, -0.1) is 0 Å². The van der Waals surface area contributed by atoms with Crippen LogP contribution < -0.4 is 0 Å². The molecule has 20 heavy (non-hydrogen) atoms. The number of aryl methyl sites for hydroxylation is 1. The van der Waals surface area contributed by atoms with Crippen LogP contribution in [-0.2, 0) is 17.8 Å². The number of aliphatic hydroxyl groups excluding tert-OH is 1. The molecule has 3 heterocycles. The van der Waals surface area contributed by atoms with Crippen molar-refractivity contribution in [1.29, 1.82) is 0 Å². The van der Waals surface area contributed by atoms with E-state index in [1.807, 2.05) is 17.4 Å². The van der Waals surface area contributed by atoms with Crippen LogP contribution in [0.25, 0.3) is 0 Å². The van der Waals surface area contributed by atoms with Crippen LogP contribution in [0.4, 0.5) is 0 Å². The monoisotopic (exact) mass is 278 g/mol. The van der Waals surface area contributed by atoms with Gasteiger partial charge < -0.3 is 14.6 Å². The van der Waals surface area contributed by atoms with Gasteiger partial charge in [0.2, 0.25) is 5.91 Å². The number of hydrogen-bond acceptors (Lipinski definition) is 4. The Labute approximate surface area is 119 Å². The molecule has 1 saturated heterocycles. The Morgan fingerprint density at radius 2 is 2.10 bits per heavy atom. The van der Waals surface area contributed by atoms with Crippen molar-refractivity contribution >= 4 is 5.91 Å². The number of nitrogens with zero attached hydrogens (tertiary/aromatic N) is 4. The lowest BCUT2D eigenvalue weighted by atomic mass is 9.94. The number of imidazole rings is 1. The highest BCUT2D eigenvalue weighted by atomic mass is 16.3. The van der Waals surface area contributed by atoms with Crippen molar-refractivity contribution in [3.05, 3.63) is 18.2 Å². The van der Waals surface area contributed by atoms with Crippen LogP contribution in [0.15, 0.2) is 12.5 Å². The maximum Gasteiger partial charge on any atom is 0.226 e. The largest absolute Gasteiger partial charge is 0.395 e. The molecule has 0 aliphatic carbocycles. The van der Waals surface area contributed by atoms with Gasteiger partial charge >= 0.3 is 0 Å². The summed E-state index contributed by atoms with van der Waals surface area (Å²) in [7, 11) is 0. The zero-order valence-corrected chi connectivity index (χ0v) is 11.7.